The fourth-order valence-electron chi connectivity index (χ4n) is 2.20. The minimum Gasteiger partial charge on any atom is -0.330 e. The SMILES string of the molecule is CC1(CN)CCN(S(=O)(=O)c2ccc(Cl)c(F)c2Cl)C1. The van der Waals surface area contributed by atoms with Crippen LogP contribution in [0.15, 0.2) is 17.0 Å². The summed E-state index contributed by atoms with van der Waals surface area (Å²) in [5, 5.41) is -0.680. The molecule has 8 heteroatoms. The predicted octanol–water partition coefficient (Wildman–Crippen LogP) is 2.49. The van der Waals surface area contributed by atoms with E-state index in [9.17, 15) is 12.8 Å². The summed E-state index contributed by atoms with van der Waals surface area (Å²) in [6.07, 6.45) is 0.663. The molecule has 0 bridgehead atoms. The molecular formula is C12H15Cl2FN2O2S. The summed E-state index contributed by atoms with van der Waals surface area (Å²) in [6.45, 7) is 2.96. The van der Waals surface area contributed by atoms with Gasteiger partial charge in [0.2, 0.25) is 10.0 Å². The van der Waals surface area contributed by atoms with E-state index in [0.717, 1.165) is 0 Å². The largest absolute Gasteiger partial charge is 0.330 e. The quantitative estimate of drug-likeness (QED) is 0.859. The van der Waals surface area contributed by atoms with Gasteiger partial charge in [-0.3, -0.25) is 0 Å². The molecule has 1 saturated heterocycles. The fraction of sp³-hybridized carbons (Fsp3) is 0.500. The van der Waals surface area contributed by atoms with E-state index in [4.69, 9.17) is 28.9 Å². The number of nitrogens with zero attached hydrogens (tertiary/aromatic N) is 1. The van der Waals surface area contributed by atoms with Crippen molar-refractivity contribution >= 4 is 33.2 Å². The molecule has 0 amide bonds. The van der Waals surface area contributed by atoms with Crippen molar-refractivity contribution in [2.75, 3.05) is 19.6 Å². The zero-order valence-electron chi connectivity index (χ0n) is 10.9. The summed E-state index contributed by atoms with van der Waals surface area (Å²) in [7, 11) is -3.84. The molecule has 2 N–H and O–H groups in total. The maximum atomic E-state index is 13.7. The van der Waals surface area contributed by atoms with Crippen molar-refractivity contribution in [2.24, 2.45) is 11.1 Å². The van der Waals surface area contributed by atoms with E-state index >= 15 is 0 Å². The van der Waals surface area contributed by atoms with Crippen LogP contribution in [-0.4, -0.2) is 32.4 Å². The lowest BCUT2D eigenvalue weighted by molar-refractivity contribution is 0.349. The van der Waals surface area contributed by atoms with Crippen LogP contribution in [0.5, 0.6) is 0 Å². The van der Waals surface area contributed by atoms with Gasteiger partial charge in [0.1, 0.15) is 4.90 Å². The van der Waals surface area contributed by atoms with Crippen LogP contribution >= 0.6 is 23.2 Å². The van der Waals surface area contributed by atoms with Crippen LogP contribution in [0.25, 0.3) is 0 Å². The van der Waals surface area contributed by atoms with Crippen molar-refractivity contribution < 1.29 is 12.8 Å². The number of nitrogens with two attached hydrogens (primary N) is 1. The molecule has 112 valence electrons. The van der Waals surface area contributed by atoms with E-state index in [-0.39, 0.29) is 15.3 Å². The Morgan fingerprint density at radius 3 is 2.65 bits per heavy atom. The van der Waals surface area contributed by atoms with Crippen molar-refractivity contribution in [3.05, 3.63) is 28.0 Å². The number of benzene rings is 1. The van der Waals surface area contributed by atoms with Gasteiger partial charge >= 0.3 is 0 Å². The Bertz CT molecular complexity index is 639. The number of hydrogen-bond acceptors (Lipinski definition) is 3. The molecule has 0 aliphatic carbocycles. The highest BCUT2D eigenvalue weighted by Crippen LogP contribution is 2.36. The maximum absolute atomic E-state index is 13.7. The third-order valence-corrected chi connectivity index (χ3v) is 6.29. The molecule has 1 atom stereocenters. The Morgan fingerprint density at radius 2 is 2.10 bits per heavy atom. The van der Waals surface area contributed by atoms with Crippen LogP contribution in [0.1, 0.15) is 13.3 Å². The van der Waals surface area contributed by atoms with Crippen LogP contribution in [0.3, 0.4) is 0 Å². The highest BCUT2D eigenvalue weighted by Gasteiger charge is 2.40. The molecule has 1 aromatic rings. The lowest BCUT2D eigenvalue weighted by atomic mass is 9.90. The third kappa shape index (κ3) is 2.67. The first-order chi connectivity index (χ1) is 9.21. The van der Waals surface area contributed by atoms with Crippen LogP contribution in [0.4, 0.5) is 4.39 Å². The summed E-state index contributed by atoms with van der Waals surface area (Å²) in [4.78, 5) is -0.262. The number of hydrogen-bond donors (Lipinski definition) is 1. The summed E-state index contributed by atoms with van der Waals surface area (Å²) in [5.74, 6) is -0.921. The minimum atomic E-state index is -3.84. The predicted molar refractivity (Wildman–Crippen MR) is 77.0 cm³/mol. The number of halogens is 3. The molecule has 1 aliphatic heterocycles. The average Bonchev–Trinajstić information content (AvgIpc) is 2.80. The molecule has 0 saturated carbocycles. The Hall–Kier alpha value is -0.400. The van der Waals surface area contributed by atoms with Crippen molar-refractivity contribution in [1.29, 1.82) is 0 Å². The second-order valence-corrected chi connectivity index (χ2v) is 7.97. The van der Waals surface area contributed by atoms with E-state index < -0.39 is 20.9 Å². The van der Waals surface area contributed by atoms with E-state index in [2.05, 4.69) is 0 Å². The molecule has 1 fully saturated rings. The molecule has 2 rings (SSSR count). The number of sulfonamides is 1. The van der Waals surface area contributed by atoms with E-state index in [1.807, 2.05) is 6.92 Å². The fourth-order valence-corrected chi connectivity index (χ4v) is 4.51. The average molecular weight is 341 g/mol. The normalized spacial score (nSPS) is 24.2. The Kier molecular flexibility index (Phi) is 4.33. The summed E-state index contributed by atoms with van der Waals surface area (Å²) in [5.41, 5.74) is 5.40. The number of rotatable bonds is 3. The zero-order valence-corrected chi connectivity index (χ0v) is 13.2. The smallest absolute Gasteiger partial charge is 0.244 e. The molecule has 0 aromatic heterocycles. The molecular weight excluding hydrogens is 326 g/mol. The van der Waals surface area contributed by atoms with Crippen molar-refractivity contribution in [3.63, 3.8) is 0 Å². The second-order valence-electron chi connectivity index (χ2n) is 5.28. The molecule has 4 nitrogen and oxygen atoms in total. The van der Waals surface area contributed by atoms with Crippen molar-refractivity contribution in [1.82, 2.24) is 4.31 Å². The molecule has 1 unspecified atom stereocenters. The maximum Gasteiger partial charge on any atom is 0.244 e. The van der Waals surface area contributed by atoms with Gasteiger partial charge < -0.3 is 5.73 Å². The molecule has 20 heavy (non-hydrogen) atoms. The lowest BCUT2D eigenvalue weighted by Gasteiger charge is -2.22. The van der Waals surface area contributed by atoms with Gasteiger partial charge in [-0.2, -0.15) is 4.31 Å². The monoisotopic (exact) mass is 340 g/mol. The van der Waals surface area contributed by atoms with Crippen molar-refractivity contribution in [3.8, 4) is 0 Å². The van der Waals surface area contributed by atoms with Crippen LogP contribution < -0.4 is 5.73 Å². The minimum absolute atomic E-state index is 0.206. The van der Waals surface area contributed by atoms with Gasteiger partial charge in [-0.1, -0.05) is 30.1 Å². The molecule has 0 radical (unpaired) electrons. The van der Waals surface area contributed by atoms with Gasteiger partial charge in [0.25, 0.3) is 0 Å². The lowest BCUT2D eigenvalue weighted by Crippen LogP contribution is -2.34. The van der Waals surface area contributed by atoms with Crippen LogP contribution in [0, 0.1) is 11.2 Å². The van der Waals surface area contributed by atoms with Gasteiger partial charge in [-0.15, -0.1) is 0 Å². The topological polar surface area (TPSA) is 63.4 Å². The van der Waals surface area contributed by atoms with E-state index in [0.29, 0.717) is 26.1 Å². The van der Waals surface area contributed by atoms with E-state index in [1.54, 1.807) is 0 Å². The first-order valence-electron chi connectivity index (χ1n) is 6.05. The third-order valence-electron chi connectivity index (χ3n) is 3.63. The van der Waals surface area contributed by atoms with Gasteiger partial charge in [-0.05, 0) is 30.5 Å². The van der Waals surface area contributed by atoms with Gasteiger partial charge in [0.05, 0.1) is 10.0 Å². The standard InChI is InChI=1S/C12H15Cl2FN2O2S/c1-12(6-16)4-5-17(7-12)20(18,19)9-3-2-8(13)11(15)10(9)14/h2-3H,4-7,16H2,1H3. The molecule has 0 spiro atoms. The second kappa shape index (κ2) is 5.42. The molecule has 1 heterocycles. The van der Waals surface area contributed by atoms with Gasteiger partial charge in [-0.25, -0.2) is 12.8 Å². The van der Waals surface area contributed by atoms with E-state index in [1.165, 1.54) is 16.4 Å². The Labute approximate surface area is 127 Å². The Balaban J connectivity index is 2.40. The van der Waals surface area contributed by atoms with Crippen LogP contribution in [-0.2, 0) is 10.0 Å². The van der Waals surface area contributed by atoms with Gasteiger partial charge in [0, 0.05) is 13.1 Å². The summed E-state index contributed by atoms with van der Waals surface area (Å²) < 4.78 is 40.0. The van der Waals surface area contributed by atoms with Gasteiger partial charge in [0.15, 0.2) is 5.82 Å². The zero-order chi connectivity index (χ0) is 15.1. The van der Waals surface area contributed by atoms with Crippen LogP contribution in [0.2, 0.25) is 10.0 Å². The highest BCUT2D eigenvalue weighted by molar-refractivity contribution is 7.89. The Morgan fingerprint density at radius 1 is 1.45 bits per heavy atom. The first kappa shape index (κ1) is 16.0. The summed E-state index contributed by atoms with van der Waals surface area (Å²) in [6, 6.07) is 2.41. The summed E-state index contributed by atoms with van der Waals surface area (Å²) >= 11 is 11.4. The highest BCUT2D eigenvalue weighted by atomic mass is 35.5. The molecule has 1 aliphatic rings. The molecule has 1 aromatic carbocycles. The first-order valence-corrected chi connectivity index (χ1v) is 8.25. The van der Waals surface area contributed by atoms with Crippen molar-refractivity contribution in [2.45, 2.75) is 18.2 Å².